The quantitative estimate of drug-likeness (QED) is 0.382. The van der Waals surface area contributed by atoms with E-state index in [2.05, 4.69) is 0 Å². The lowest BCUT2D eigenvalue weighted by Crippen LogP contribution is -2.14. The average molecular weight is 587 g/mol. The molecule has 6 bridgehead atoms. The van der Waals surface area contributed by atoms with E-state index in [0.717, 1.165) is 33.8 Å². The first-order valence-electron chi connectivity index (χ1n) is 14.5. The Kier molecular flexibility index (Phi) is 15.1. The van der Waals surface area contributed by atoms with Crippen LogP contribution in [0.15, 0.2) is 60.7 Å². The van der Waals surface area contributed by atoms with E-state index in [1.165, 1.54) is 0 Å². The van der Waals surface area contributed by atoms with Gasteiger partial charge >= 0.3 is 0 Å². The molecule has 7 rings (SSSR count). The van der Waals surface area contributed by atoms with E-state index in [1.54, 1.807) is 0 Å². The van der Waals surface area contributed by atoms with Crippen LogP contribution in [0.4, 0.5) is 0 Å². The van der Waals surface area contributed by atoms with Gasteiger partial charge in [-0.3, -0.25) is 0 Å². The number of rotatable bonds is 0. The van der Waals surface area contributed by atoms with Crippen molar-refractivity contribution < 1.29 is 47.4 Å². The van der Waals surface area contributed by atoms with Gasteiger partial charge < -0.3 is 47.4 Å². The van der Waals surface area contributed by atoms with Crippen molar-refractivity contribution in [2.45, 2.75) is 0 Å². The molecule has 10 nitrogen and oxygen atoms in total. The number of benzene rings is 3. The van der Waals surface area contributed by atoms with Gasteiger partial charge in [0.05, 0.1) is 79.3 Å². The van der Waals surface area contributed by atoms with Crippen molar-refractivity contribution in [2.24, 2.45) is 0 Å². The highest BCUT2D eigenvalue weighted by atomic mass is 16.6. The highest BCUT2D eigenvalue weighted by Crippen LogP contribution is 2.28. The van der Waals surface area contributed by atoms with Crippen LogP contribution in [0.1, 0.15) is 0 Å². The Balaban J connectivity index is 1.18. The molecule has 4 aliphatic rings. The number of ether oxygens (including phenoxy) is 10. The van der Waals surface area contributed by atoms with Crippen LogP contribution in [0.25, 0.3) is 10.8 Å². The van der Waals surface area contributed by atoms with E-state index >= 15 is 0 Å². The summed E-state index contributed by atoms with van der Waals surface area (Å²) in [4.78, 5) is 0. The van der Waals surface area contributed by atoms with Gasteiger partial charge in [0, 0.05) is 5.39 Å². The molecule has 230 valence electrons. The van der Waals surface area contributed by atoms with Gasteiger partial charge in [-0.05, 0) is 53.9 Å². The highest BCUT2D eigenvalue weighted by Gasteiger charge is 2.05. The molecule has 10 heteroatoms. The average Bonchev–Trinajstić information content (AvgIpc) is 3.02. The third-order valence-electron chi connectivity index (χ3n) is 6.10. The fourth-order valence-electron chi connectivity index (χ4n) is 4.03. The second-order valence-electron chi connectivity index (χ2n) is 9.18. The highest BCUT2D eigenvalue weighted by molar-refractivity contribution is 5.89. The topological polar surface area (TPSA) is 92.3 Å². The summed E-state index contributed by atoms with van der Waals surface area (Å²) in [5.41, 5.74) is 0. The molecule has 0 fully saturated rings. The van der Waals surface area contributed by atoms with Gasteiger partial charge in [0.1, 0.15) is 49.4 Å². The molecule has 0 saturated carbocycles. The summed E-state index contributed by atoms with van der Waals surface area (Å²) in [5, 5.41) is 2.07. The van der Waals surface area contributed by atoms with Crippen LogP contribution in [0, 0.1) is 0 Å². The van der Waals surface area contributed by atoms with Gasteiger partial charge in [-0.2, -0.15) is 0 Å². The predicted octanol–water partition coefficient (Wildman–Crippen LogP) is 4.17. The normalized spacial score (nSPS) is 18.6. The van der Waals surface area contributed by atoms with Crippen LogP contribution in [-0.4, -0.2) is 106 Å². The lowest BCUT2D eigenvalue weighted by atomic mass is 10.1. The van der Waals surface area contributed by atoms with Crippen molar-refractivity contribution in [1.82, 2.24) is 0 Å². The van der Waals surface area contributed by atoms with Crippen LogP contribution in [-0.2, 0) is 28.4 Å². The molecule has 4 heterocycles. The smallest absolute Gasteiger partial charge is 0.127 e. The largest absolute Gasteiger partial charge is 0.491 e. The summed E-state index contributed by atoms with van der Waals surface area (Å²) in [7, 11) is 0. The molecular weight excluding hydrogens is 544 g/mol. The monoisotopic (exact) mass is 586 g/mol. The minimum absolute atomic E-state index is 0.449. The van der Waals surface area contributed by atoms with E-state index in [4.69, 9.17) is 47.4 Å². The minimum atomic E-state index is 0.449. The summed E-state index contributed by atoms with van der Waals surface area (Å²) in [6.07, 6.45) is 0. The molecule has 0 atom stereocenters. The van der Waals surface area contributed by atoms with Gasteiger partial charge in [-0.25, -0.2) is 0 Å². The number of hydrogen-bond donors (Lipinski definition) is 0. The predicted molar refractivity (Wildman–Crippen MR) is 157 cm³/mol. The fraction of sp³-hybridized carbons (Fsp3) is 0.500. The van der Waals surface area contributed by atoms with Crippen molar-refractivity contribution in [1.29, 1.82) is 0 Å². The maximum absolute atomic E-state index is 5.97. The molecular formula is C32H42O10. The van der Waals surface area contributed by atoms with Crippen molar-refractivity contribution in [2.75, 3.05) is 106 Å². The third kappa shape index (κ3) is 12.4. The molecule has 0 aliphatic carbocycles. The van der Waals surface area contributed by atoms with Gasteiger partial charge in [0.25, 0.3) is 0 Å². The van der Waals surface area contributed by atoms with E-state index in [0.29, 0.717) is 106 Å². The molecule has 42 heavy (non-hydrogen) atoms. The summed E-state index contributed by atoms with van der Waals surface area (Å²) in [6.45, 7) is 7.69. The Morgan fingerprint density at radius 1 is 0.333 bits per heavy atom. The zero-order valence-corrected chi connectivity index (χ0v) is 24.2. The van der Waals surface area contributed by atoms with Crippen molar-refractivity contribution in [3.05, 3.63) is 60.7 Å². The molecule has 0 saturated heterocycles. The van der Waals surface area contributed by atoms with Crippen LogP contribution in [0.5, 0.6) is 23.0 Å². The first-order valence-corrected chi connectivity index (χ1v) is 14.5. The maximum atomic E-state index is 5.97. The van der Waals surface area contributed by atoms with Crippen LogP contribution < -0.4 is 18.9 Å². The molecule has 4 aliphatic heterocycles. The lowest BCUT2D eigenvalue weighted by Gasteiger charge is -2.12. The third-order valence-corrected chi connectivity index (χ3v) is 6.10. The molecule has 0 amide bonds. The molecule has 0 radical (unpaired) electrons. The van der Waals surface area contributed by atoms with Gasteiger partial charge in [0.15, 0.2) is 0 Å². The number of hydrogen-bond acceptors (Lipinski definition) is 10. The summed E-state index contributed by atoms with van der Waals surface area (Å²) >= 11 is 0. The second kappa shape index (κ2) is 19.9. The van der Waals surface area contributed by atoms with Crippen molar-refractivity contribution in [3.8, 4) is 23.0 Å². The fourth-order valence-corrected chi connectivity index (χ4v) is 4.03. The molecule has 0 spiro atoms. The van der Waals surface area contributed by atoms with E-state index in [9.17, 15) is 0 Å². The first kappa shape index (κ1) is 31.8. The van der Waals surface area contributed by atoms with E-state index < -0.39 is 0 Å². The summed E-state index contributed by atoms with van der Waals surface area (Å²) in [5.74, 6) is 3.12. The van der Waals surface area contributed by atoms with Crippen LogP contribution in [0.3, 0.4) is 0 Å². The van der Waals surface area contributed by atoms with Crippen LogP contribution in [0.2, 0.25) is 0 Å². The van der Waals surface area contributed by atoms with Crippen LogP contribution >= 0.6 is 0 Å². The standard InChI is InChI=1S/C32H42O10/c1-2-27-26-30-8-9-31(27)32(3-1)42-25-21-38-17-13-34-11-15-36-19-23-40-29-6-4-28(5-7-29)39-22-18-35-14-10-33-12-16-37-20-24-41-30/h1-9,26H,10-25H2. The lowest BCUT2D eigenvalue weighted by molar-refractivity contribution is 0.00489. The maximum Gasteiger partial charge on any atom is 0.127 e. The minimum Gasteiger partial charge on any atom is -0.491 e. The first-order chi connectivity index (χ1) is 20.9. The Bertz CT molecular complexity index is 1120. The van der Waals surface area contributed by atoms with Gasteiger partial charge in [0.2, 0.25) is 0 Å². The SMILES string of the molecule is c1cc2c3ccc(cc3c1)OCCOCCOCCOCCOc1ccc(cc1)OCCOCCOCCOCCO2. The summed E-state index contributed by atoms with van der Waals surface area (Å²) < 4.78 is 56.7. The van der Waals surface area contributed by atoms with Crippen molar-refractivity contribution in [3.63, 3.8) is 0 Å². The van der Waals surface area contributed by atoms with Gasteiger partial charge in [-0.15, -0.1) is 0 Å². The molecule has 3 aromatic rings. The summed E-state index contributed by atoms with van der Waals surface area (Å²) in [6, 6.07) is 19.4. The van der Waals surface area contributed by atoms with Gasteiger partial charge in [-0.1, -0.05) is 12.1 Å². The van der Waals surface area contributed by atoms with E-state index in [1.807, 2.05) is 60.7 Å². The molecule has 3 aromatic carbocycles. The molecule has 0 unspecified atom stereocenters. The molecule has 0 aromatic heterocycles. The van der Waals surface area contributed by atoms with Crippen molar-refractivity contribution >= 4 is 10.8 Å². The van der Waals surface area contributed by atoms with E-state index in [-0.39, 0.29) is 0 Å². The molecule has 0 N–H and O–H groups in total. The Hall–Kier alpha value is -3.12. The Morgan fingerprint density at radius 2 is 0.714 bits per heavy atom. The second-order valence-corrected chi connectivity index (χ2v) is 9.18. The Morgan fingerprint density at radius 3 is 1.19 bits per heavy atom. The zero-order chi connectivity index (χ0) is 28.9. The zero-order valence-electron chi connectivity index (χ0n) is 24.2. The Labute approximate surface area is 247 Å².